The van der Waals surface area contributed by atoms with Gasteiger partial charge < -0.3 is 15.5 Å². The molecule has 0 aliphatic rings. The van der Waals surface area contributed by atoms with Gasteiger partial charge in [-0.25, -0.2) is 5.43 Å². The van der Waals surface area contributed by atoms with Gasteiger partial charge in [-0.05, 0) is 37.0 Å². The summed E-state index contributed by atoms with van der Waals surface area (Å²) in [5.41, 5.74) is 10.6. The van der Waals surface area contributed by atoms with Gasteiger partial charge in [0, 0.05) is 29.2 Å². The highest BCUT2D eigenvalue weighted by Crippen LogP contribution is 2.23. The monoisotopic (exact) mass is 357 g/mol. The quantitative estimate of drug-likeness (QED) is 0.260. The third-order valence-electron chi connectivity index (χ3n) is 4.08. The van der Waals surface area contributed by atoms with E-state index in [4.69, 9.17) is 10.5 Å². The van der Waals surface area contributed by atoms with Crippen LogP contribution in [0.4, 0.5) is 0 Å². The van der Waals surface area contributed by atoms with Crippen molar-refractivity contribution < 1.29 is 4.74 Å². The second kappa shape index (κ2) is 10.5. The van der Waals surface area contributed by atoms with Gasteiger partial charge in [-0.2, -0.15) is 5.10 Å². The normalized spacial score (nSPS) is 12.4. The molecule has 0 saturated carbocycles. The molecule has 26 heavy (non-hydrogen) atoms. The third kappa shape index (κ3) is 6.43. The minimum Gasteiger partial charge on any atom is -0.494 e. The van der Waals surface area contributed by atoms with E-state index in [1.807, 2.05) is 24.4 Å². The van der Waals surface area contributed by atoms with Crippen molar-refractivity contribution in [3.8, 4) is 5.75 Å². The van der Waals surface area contributed by atoms with Crippen molar-refractivity contribution in [2.24, 2.45) is 21.7 Å². The lowest BCUT2D eigenvalue weighted by molar-refractivity contribution is 0.290. The first-order valence-electron chi connectivity index (χ1n) is 9.43. The number of aromatic amines is 1. The molecule has 0 aliphatic carbocycles. The van der Waals surface area contributed by atoms with Crippen LogP contribution in [-0.4, -0.2) is 30.3 Å². The highest BCUT2D eigenvalue weighted by molar-refractivity contribution is 5.99. The van der Waals surface area contributed by atoms with Gasteiger partial charge in [-0.3, -0.25) is 4.99 Å². The summed E-state index contributed by atoms with van der Waals surface area (Å²) in [5, 5.41) is 5.25. The molecule has 1 aromatic heterocycles. The first kappa shape index (κ1) is 19.8. The lowest BCUT2D eigenvalue weighted by atomic mass is 10.1. The Bertz CT molecular complexity index is 733. The average Bonchev–Trinajstić information content (AvgIpc) is 3.01. The van der Waals surface area contributed by atoms with Crippen molar-refractivity contribution >= 4 is 23.1 Å². The Balaban J connectivity index is 1.96. The number of nitrogens with zero attached hydrogens (tertiary/aromatic N) is 2. The fourth-order valence-electron chi connectivity index (χ4n) is 2.50. The molecule has 6 nitrogen and oxygen atoms in total. The van der Waals surface area contributed by atoms with Gasteiger partial charge in [0.05, 0.1) is 12.8 Å². The summed E-state index contributed by atoms with van der Waals surface area (Å²) in [6, 6.07) is 6.04. The maximum absolute atomic E-state index is 5.84. The van der Waals surface area contributed by atoms with Crippen LogP contribution in [0.5, 0.6) is 5.75 Å². The minimum atomic E-state index is 0.343. The van der Waals surface area contributed by atoms with Crippen LogP contribution in [0, 0.1) is 5.92 Å². The summed E-state index contributed by atoms with van der Waals surface area (Å²) in [4.78, 5) is 7.49. The molecule has 0 bridgehead atoms. The van der Waals surface area contributed by atoms with E-state index < -0.39 is 0 Å². The van der Waals surface area contributed by atoms with Crippen LogP contribution in [0.25, 0.3) is 10.9 Å². The molecule has 4 N–H and O–H groups in total. The number of hydrogen-bond donors (Lipinski definition) is 3. The zero-order chi connectivity index (χ0) is 18.8. The predicted octanol–water partition coefficient (Wildman–Crippen LogP) is 4.02. The van der Waals surface area contributed by atoms with Crippen LogP contribution in [0.1, 0.15) is 52.0 Å². The summed E-state index contributed by atoms with van der Waals surface area (Å²) in [6.45, 7) is 8.01. The zero-order valence-corrected chi connectivity index (χ0v) is 16.1. The van der Waals surface area contributed by atoms with Crippen molar-refractivity contribution in [1.82, 2.24) is 10.4 Å². The number of rotatable bonds is 10. The van der Waals surface area contributed by atoms with E-state index in [1.54, 1.807) is 6.21 Å². The van der Waals surface area contributed by atoms with E-state index in [0.717, 1.165) is 54.6 Å². The number of unbranched alkanes of at least 4 members (excludes halogenated alkanes) is 2. The SMILES string of the molecule is CCCCCN=C(N)N/N=C/c1c[nH]c2ccc(OCCC(C)C)cc12. The molecule has 0 fully saturated rings. The molecule has 0 amide bonds. The second-order valence-corrected chi connectivity index (χ2v) is 6.83. The first-order chi connectivity index (χ1) is 12.6. The van der Waals surface area contributed by atoms with Crippen molar-refractivity contribution in [1.29, 1.82) is 0 Å². The van der Waals surface area contributed by atoms with E-state index >= 15 is 0 Å². The molecule has 0 unspecified atom stereocenters. The average molecular weight is 358 g/mol. The Hall–Kier alpha value is -2.50. The number of H-pyrrole nitrogens is 1. The largest absolute Gasteiger partial charge is 0.494 e. The van der Waals surface area contributed by atoms with Crippen LogP contribution in [-0.2, 0) is 0 Å². The summed E-state index contributed by atoms with van der Waals surface area (Å²) in [6.07, 6.45) is 8.08. The molecule has 0 radical (unpaired) electrons. The Morgan fingerprint density at radius 1 is 1.35 bits per heavy atom. The van der Waals surface area contributed by atoms with Crippen LogP contribution in [0.2, 0.25) is 0 Å². The third-order valence-corrected chi connectivity index (χ3v) is 4.08. The molecule has 0 saturated heterocycles. The maximum atomic E-state index is 5.84. The molecular formula is C20H31N5O. The van der Waals surface area contributed by atoms with Gasteiger partial charge >= 0.3 is 0 Å². The molecule has 0 atom stereocenters. The Morgan fingerprint density at radius 2 is 2.19 bits per heavy atom. The molecule has 6 heteroatoms. The van der Waals surface area contributed by atoms with Crippen molar-refractivity contribution in [3.05, 3.63) is 30.0 Å². The van der Waals surface area contributed by atoms with E-state index in [0.29, 0.717) is 11.9 Å². The van der Waals surface area contributed by atoms with E-state index in [9.17, 15) is 0 Å². The fourth-order valence-corrected chi connectivity index (χ4v) is 2.50. The molecule has 1 aromatic carbocycles. The minimum absolute atomic E-state index is 0.343. The number of nitrogens with one attached hydrogen (secondary N) is 2. The van der Waals surface area contributed by atoms with Crippen LogP contribution in [0.3, 0.4) is 0 Å². The Labute approximate surface area is 155 Å². The Morgan fingerprint density at radius 3 is 2.96 bits per heavy atom. The van der Waals surface area contributed by atoms with E-state index in [2.05, 4.69) is 41.3 Å². The molecular weight excluding hydrogens is 326 g/mol. The van der Waals surface area contributed by atoms with E-state index in [1.165, 1.54) is 6.42 Å². The van der Waals surface area contributed by atoms with Crippen LogP contribution in [0.15, 0.2) is 34.5 Å². The number of guanidine groups is 1. The molecule has 2 aromatic rings. The maximum Gasteiger partial charge on any atom is 0.209 e. The molecule has 142 valence electrons. The number of hydrogen-bond acceptors (Lipinski definition) is 3. The second-order valence-electron chi connectivity index (χ2n) is 6.83. The fraction of sp³-hybridized carbons (Fsp3) is 0.500. The number of ether oxygens (including phenoxy) is 1. The number of hydrazone groups is 1. The predicted molar refractivity (Wildman–Crippen MR) is 110 cm³/mol. The van der Waals surface area contributed by atoms with E-state index in [-0.39, 0.29) is 0 Å². The number of benzene rings is 1. The molecule has 0 spiro atoms. The molecule has 1 heterocycles. The lowest BCUT2D eigenvalue weighted by Gasteiger charge is -2.08. The highest BCUT2D eigenvalue weighted by Gasteiger charge is 2.04. The van der Waals surface area contributed by atoms with Gasteiger partial charge in [-0.15, -0.1) is 0 Å². The van der Waals surface area contributed by atoms with Crippen LogP contribution < -0.4 is 15.9 Å². The zero-order valence-electron chi connectivity index (χ0n) is 16.1. The number of nitrogens with two attached hydrogens (primary N) is 1. The lowest BCUT2D eigenvalue weighted by Crippen LogP contribution is -2.27. The summed E-state index contributed by atoms with van der Waals surface area (Å²) >= 11 is 0. The van der Waals surface area contributed by atoms with Gasteiger partial charge in [0.1, 0.15) is 5.75 Å². The standard InChI is InChI=1S/C20H31N5O/c1-4-5-6-10-22-20(21)25-24-14-16-13-23-19-8-7-17(12-18(16)19)26-11-9-15(2)3/h7-8,12-15,23H,4-6,9-11H2,1-3H3,(H3,21,22,25)/b24-14+. The Kier molecular flexibility index (Phi) is 7.99. The smallest absolute Gasteiger partial charge is 0.209 e. The van der Waals surface area contributed by atoms with Crippen LogP contribution >= 0.6 is 0 Å². The van der Waals surface area contributed by atoms with Gasteiger partial charge in [-0.1, -0.05) is 33.6 Å². The highest BCUT2D eigenvalue weighted by atomic mass is 16.5. The summed E-state index contributed by atoms with van der Waals surface area (Å²) < 4.78 is 5.84. The van der Waals surface area contributed by atoms with Gasteiger partial charge in [0.15, 0.2) is 0 Å². The summed E-state index contributed by atoms with van der Waals surface area (Å²) in [7, 11) is 0. The van der Waals surface area contributed by atoms with Crippen molar-refractivity contribution in [2.45, 2.75) is 46.5 Å². The number of aliphatic imine (C=N–C) groups is 1. The molecule has 0 aliphatic heterocycles. The number of aromatic nitrogens is 1. The van der Waals surface area contributed by atoms with Crippen molar-refractivity contribution in [2.75, 3.05) is 13.2 Å². The number of fused-ring (bicyclic) bond motifs is 1. The molecule has 2 rings (SSSR count). The van der Waals surface area contributed by atoms with Crippen molar-refractivity contribution in [3.63, 3.8) is 0 Å². The summed E-state index contributed by atoms with van der Waals surface area (Å²) in [5.74, 6) is 1.85. The first-order valence-corrected chi connectivity index (χ1v) is 9.43. The van der Waals surface area contributed by atoms with Gasteiger partial charge in [0.2, 0.25) is 5.96 Å². The topological polar surface area (TPSA) is 87.8 Å². The van der Waals surface area contributed by atoms with Gasteiger partial charge in [0.25, 0.3) is 0 Å².